The lowest BCUT2D eigenvalue weighted by Gasteiger charge is -2.21. The number of amides is 1. The third-order valence-corrected chi connectivity index (χ3v) is 4.33. The van der Waals surface area contributed by atoms with Crippen molar-refractivity contribution in [1.82, 2.24) is 15.6 Å². The second kappa shape index (κ2) is 6.85. The molecular weight excluding hydrogens is 246 g/mol. The zero-order valence-electron chi connectivity index (χ0n) is 10.9. The number of carbonyl (C=O) groups excluding carboxylic acids is 1. The van der Waals surface area contributed by atoms with Crippen LogP contribution in [0.2, 0.25) is 0 Å². The molecule has 0 aromatic carbocycles. The average Bonchev–Trinajstić information content (AvgIpc) is 2.87. The summed E-state index contributed by atoms with van der Waals surface area (Å²) in [5.74, 6) is 0.412. The minimum Gasteiger partial charge on any atom is -0.355 e. The SMILES string of the molecule is CCc1nc(CCNC(=O)C2CCNCC2)cs1. The molecule has 1 aliphatic heterocycles. The van der Waals surface area contributed by atoms with Crippen molar-refractivity contribution in [2.45, 2.75) is 32.6 Å². The summed E-state index contributed by atoms with van der Waals surface area (Å²) in [6, 6.07) is 0. The Morgan fingerprint density at radius 1 is 1.56 bits per heavy atom. The molecule has 100 valence electrons. The number of piperidine rings is 1. The monoisotopic (exact) mass is 267 g/mol. The Kier molecular flexibility index (Phi) is 5.13. The fraction of sp³-hybridized carbons (Fsp3) is 0.692. The first-order valence-corrected chi connectivity index (χ1v) is 7.59. The van der Waals surface area contributed by atoms with E-state index >= 15 is 0 Å². The number of hydrogen-bond acceptors (Lipinski definition) is 4. The molecule has 1 fully saturated rings. The molecule has 5 heteroatoms. The summed E-state index contributed by atoms with van der Waals surface area (Å²) in [5, 5.41) is 9.57. The fourth-order valence-electron chi connectivity index (χ4n) is 2.17. The Morgan fingerprint density at radius 2 is 2.33 bits per heavy atom. The minimum atomic E-state index is 0.202. The van der Waals surface area contributed by atoms with E-state index in [2.05, 4.69) is 27.9 Å². The van der Waals surface area contributed by atoms with Crippen LogP contribution in [-0.2, 0) is 17.6 Å². The van der Waals surface area contributed by atoms with Crippen molar-refractivity contribution < 1.29 is 4.79 Å². The van der Waals surface area contributed by atoms with E-state index in [0.29, 0.717) is 6.54 Å². The van der Waals surface area contributed by atoms with E-state index in [1.165, 1.54) is 5.01 Å². The van der Waals surface area contributed by atoms with E-state index in [0.717, 1.165) is 44.5 Å². The lowest BCUT2D eigenvalue weighted by atomic mass is 9.97. The van der Waals surface area contributed by atoms with Gasteiger partial charge >= 0.3 is 0 Å². The van der Waals surface area contributed by atoms with Gasteiger partial charge in [-0.05, 0) is 32.4 Å². The standard InChI is InChI=1S/C13H21N3OS/c1-2-12-16-11(9-18-12)5-8-15-13(17)10-3-6-14-7-4-10/h9-10,14H,2-8H2,1H3,(H,15,17). The number of aryl methyl sites for hydroxylation is 1. The number of nitrogens with zero attached hydrogens (tertiary/aromatic N) is 1. The molecule has 1 aliphatic rings. The van der Waals surface area contributed by atoms with E-state index in [1.54, 1.807) is 11.3 Å². The second-order valence-electron chi connectivity index (χ2n) is 4.65. The van der Waals surface area contributed by atoms with E-state index in [-0.39, 0.29) is 11.8 Å². The van der Waals surface area contributed by atoms with Gasteiger partial charge in [0.05, 0.1) is 10.7 Å². The van der Waals surface area contributed by atoms with Crippen LogP contribution in [0.15, 0.2) is 5.38 Å². The van der Waals surface area contributed by atoms with Gasteiger partial charge < -0.3 is 10.6 Å². The topological polar surface area (TPSA) is 54.0 Å². The maximum atomic E-state index is 11.9. The predicted octanol–water partition coefficient (Wildman–Crippen LogP) is 1.36. The van der Waals surface area contributed by atoms with Crippen LogP contribution in [0.3, 0.4) is 0 Å². The van der Waals surface area contributed by atoms with Crippen LogP contribution in [0.4, 0.5) is 0 Å². The Bertz CT molecular complexity index is 385. The van der Waals surface area contributed by atoms with E-state index in [1.807, 2.05) is 0 Å². The summed E-state index contributed by atoms with van der Waals surface area (Å²) in [6.07, 6.45) is 3.75. The summed E-state index contributed by atoms with van der Waals surface area (Å²) in [5.41, 5.74) is 1.10. The summed E-state index contributed by atoms with van der Waals surface area (Å²) in [4.78, 5) is 16.4. The van der Waals surface area contributed by atoms with Gasteiger partial charge in [0.1, 0.15) is 0 Å². The Labute approximate surface area is 112 Å². The maximum Gasteiger partial charge on any atom is 0.223 e. The highest BCUT2D eigenvalue weighted by Gasteiger charge is 2.20. The zero-order chi connectivity index (χ0) is 12.8. The smallest absolute Gasteiger partial charge is 0.223 e. The lowest BCUT2D eigenvalue weighted by molar-refractivity contribution is -0.125. The van der Waals surface area contributed by atoms with Crippen LogP contribution in [0.5, 0.6) is 0 Å². The third kappa shape index (κ3) is 3.78. The number of hydrogen-bond donors (Lipinski definition) is 2. The van der Waals surface area contributed by atoms with Gasteiger partial charge in [-0.3, -0.25) is 4.79 Å². The summed E-state index contributed by atoms with van der Waals surface area (Å²) < 4.78 is 0. The van der Waals surface area contributed by atoms with Gasteiger partial charge in [0.25, 0.3) is 0 Å². The summed E-state index contributed by atoms with van der Waals surface area (Å²) >= 11 is 1.70. The predicted molar refractivity (Wildman–Crippen MR) is 73.8 cm³/mol. The highest BCUT2D eigenvalue weighted by Crippen LogP contribution is 2.12. The lowest BCUT2D eigenvalue weighted by Crippen LogP contribution is -2.38. The Balaban J connectivity index is 1.69. The molecule has 2 rings (SSSR count). The molecule has 1 aromatic rings. The normalized spacial score (nSPS) is 16.7. The van der Waals surface area contributed by atoms with Crippen molar-refractivity contribution in [1.29, 1.82) is 0 Å². The number of thiazole rings is 1. The number of rotatable bonds is 5. The van der Waals surface area contributed by atoms with Crippen molar-refractivity contribution in [3.63, 3.8) is 0 Å². The first-order valence-electron chi connectivity index (χ1n) is 6.71. The first-order chi connectivity index (χ1) is 8.79. The van der Waals surface area contributed by atoms with E-state index < -0.39 is 0 Å². The molecule has 0 spiro atoms. The zero-order valence-corrected chi connectivity index (χ0v) is 11.7. The highest BCUT2D eigenvalue weighted by molar-refractivity contribution is 7.09. The van der Waals surface area contributed by atoms with Crippen molar-refractivity contribution in [2.75, 3.05) is 19.6 Å². The van der Waals surface area contributed by atoms with Gasteiger partial charge in [0.2, 0.25) is 5.91 Å². The maximum absolute atomic E-state index is 11.9. The first kappa shape index (κ1) is 13.5. The van der Waals surface area contributed by atoms with Crippen LogP contribution in [-0.4, -0.2) is 30.5 Å². The quantitative estimate of drug-likeness (QED) is 0.847. The van der Waals surface area contributed by atoms with E-state index in [9.17, 15) is 4.79 Å². The van der Waals surface area contributed by atoms with Gasteiger partial charge in [0.15, 0.2) is 0 Å². The van der Waals surface area contributed by atoms with Crippen molar-refractivity contribution in [3.05, 3.63) is 16.1 Å². The van der Waals surface area contributed by atoms with Gasteiger partial charge in [-0.1, -0.05) is 6.92 Å². The Morgan fingerprint density at radius 3 is 3.00 bits per heavy atom. The van der Waals surface area contributed by atoms with Crippen LogP contribution in [0.1, 0.15) is 30.5 Å². The number of nitrogens with one attached hydrogen (secondary N) is 2. The van der Waals surface area contributed by atoms with Crippen molar-refractivity contribution in [2.24, 2.45) is 5.92 Å². The van der Waals surface area contributed by atoms with Gasteiger partial charge in [0, 0.05) is 24.3 Å². The molecule has 0 atom stereocenters. The highest BCUT2D eigenvalue weighted by atomic mass is 32.1. The molecule has 0 radical (unpaired) electrons. The summed E-state index contributed by atoms with van der Waals surface area (Å²) in [7, 11) is 0. The average molecular weight is 267 g/mol. The Hall–Kier alpha value is -0.940. The molecular formula is C13H21N3OS. The minimum absolute atomic E-state index is 0.202. The summed E-state index contributed by atoms with van der Waals surface area (Å²) in [6.45, 7) is 4.74. The molecule has 0 bridgehead atoms. The molecule has 1 aromatic heterocycles. The van der Waals surface area contributed by atoms with Gasteiger partial charge in [-0.25, -0.2) is 4.98 Å². The molecule has 0 saturated carbocycles. The van der Waals surface area contributed by atoms with Gasteiger partial charge in [-0.2, -0.15) is 0 Å². The van der Waals surface area contributed by atoms with Crippen LogP contribution in [0, 0.1) is 5.92 Å². The molecule has 1 amide bonds. The molecule has 4 nitrogen and oxygen atoms in total. The molecule has 2 heterocycles. The molecule has 2 N–H and O–H groups in total. The van der Waals surface area contributed by atoms with Crippen LogP contribution in [0.25, 0.3) is 0 Å². The molecule has 0 unspecified atom stereocenters. The molecule has 1 saturated heterocycles. The van der Waals surface area contributed by atoms with Crippen molar-refractivity contribution in [3.8, 4) is 0 Å². The van der Waals surface area contributed by atoms with Gasteiger partial charge in [-0.15, -0.1) is 11.3 Å². The van der Waals surface area contributed by atoms with E-state index in [4.69, 9.17) is 0 Å². The number of carbonyl (C=O) groups is 1. The largest absolute Gasteiger partial charge is 0.355 e. The fourth-order valence-corrected chi connectivity index (χ4v) is 2.95. The second-order valence-corrected chi connectivity index (χ2v) is 5.59. The molecule has 0 aliphatic carbocycles. The van der Waals surface area contributed by atoms with Crippen LogP contribution >= 0.6 is 11.3 Å². The van der Waals surface area contributed by atoms with Crippen LogP contribution < -0.4 is 10.6 Å². The number of aromatic nitrogens is 1. The van der Waals surface area contributed by atoms with Crippen molar-refractivity contribution >= 4 is 17.2 Å². The molecule has 18 heavy (non-hydrogen) atoms. The third-order valence-electron chi connectivity index (χ3n) is 3.29.